The normalized spacial score (nSPS) is 10.2. The average molecular weight is 267 g/mol. The highest BCUT2D eigenvalue weighted by Gasteiger charge is 2.01. The second kappa shape index (κ2) is 7.49. The van der Waals surface area contributed by atoms with Crippen LogP contribution in [-0.4, -0.2) is 13.0 Å². The topological polar surface area (TPSA) is 29.1 Å². The highest BCUT2D eigenvalue weighted by atomic mass is 16.1. The van der Waals surface area contributed by atoms with Gasteiger partial charge in [0.15, 0.2) is 0 Å². The molecule has 0 spiro atoms. The molecule has 0 bridgehead atoms. The van der Waals surface area contributed by atoms with Gasteiger partial charge in [-0.2, -0.15) is 0 Å². The Morgan fingerprint density at radius 1 is 0.850 bits per heavy atom. The molecule has 2 aromatic rings. The largest absolute Gasteiger partial charge is 0.359 e. The lowest BCUT2D eigenvalue weighted by atomic mass is 10.0. The highest BCUT2D eigenvalue weighted by molar-refractivity contribution is 5.78. The molecule has 0 radical (unpaired) electrons. The minimum atomic E-state index is 0.0572. The lowest BCUT2D eigenvalue weighted by molar-refractivity contribution is -0.119. The van der Waals surface area contributed by atoms with Crippen molar-refractivity contribution in [3.05, 3.63) is 71.3 Å². The summed E-state index contributed by atoms with van der Waals surface area (Å²) in [5.74, 6) is 0.0572. The van der Waals surface area contributed by atoms with Crippen molar-refractivity contribution in [1.29, 1.82) is 0 Å². The number of aryl methyl sites for hydroxylation is 2. The molecule has 1 N–H and O–H groups in total. The molecule has 0 atom stereocenters. The number of hydrogen-bond acceptors (Lipinski definition) is 1. The standard InChI is InChI=1S/C18H21NO/c1-19-18(20)14-17-12-10-16(11-13-17)9-5-8-15-6-3-2-4-7-15/h2-4,6-7,10-13H,5,8-9,14H2,1H3,(H,19,20). The molecule has 0 unspecified atom stereocenters. The first-order valence-electron chi connectivity index (χ1n) is 7.10. The van der Waals surface area contributed by atoms with Crippen molar-refractivity contribution in [2.75, 3.05) is 7.05 Å². The van der Waals surface area contributed by atoms with Gasteiger partial charge in [-0.15, -0.1) is 0 Å². The van der Waals surface area contributed by atoms with Gasteiger partial charge in [0, 0.05) is 7.05 Å². The highest BCUT2D eigenvalue weighted by Crippen LogP contribution is 2.10. The third kappa shape index (κ3) is 4.54. The molecule has 2 heteroatoms. The lowest BCUT2D eigenvalue weighted by Gasteiger charge is -2.04. The molecule has 20 heavy (non-hydrogen) atoms. The van der Waals surface area contributed by atoms with Gasteiger partial charge < -0.3 is 5.32 Å². The Morgan fingerprint density at radius 2 is 1.40 bits per heavy atom. The van der Waals surface area contributed by atoms with Crippen LogP contribution in [0.25, 0.3) is 0 Å². The van der Waals surface area contributed by atoms with Gasteiger partial charge in [0.25, 0.3) is 0 Å². The maximum Gasteiger partial charge on any atom is 0.224 e. The second-order valence-electron chi connectivity index (χ2n) is 5.01. The zero-order valence-corrected chi connectivity index (χ0v) is 11.9. The molecule has 0 aliphatic heterocycles. The van der Waals surface area contributed by atoms with E-state index in [2.05, 4.69) is 47.8 Å². The Hall–Kier alpha value is -2.09. The summed E-state index contributed by atoms with van der Waals surface area (Å²) in [4.78, 5) is 11.3. The molecule has 0 aromatic heterocycles. The number of carbonyl (C=O) groups is 1. The Morgan fingerprint density at radius 3 is 2.00 bits per heavy atom. The number of amides is 1. The Labute approximate surface area is 120 Å². The van der Waals surface area contributed by atoms with Crippen LogP contribution < -0.4 is 5.32 Å². The molecular formula is C18H21NO. The molecular weight excluding hydrogens is 246 g/mol. The van der Waals surface area contributed by atoms with E-state index in [-0.39, 0.29) is 5.91 Å². The van der Waals surface area contributed by atoms with E-state index in [9.17, 15) is 4.79 Å². The van der Waals surface area contributed by atoms with Gasteiger partial charge in [0.2, 0.25) is 5.91 Å². The van der Waals surface area contributed by atoms with Gasteiger partial charge in [-0.1, -0.05) is 54.6 Å². The molecule has 1 amide bonds. The molecule has 2 rings (SSSR count). The Balaban J connectivity index is 1.80. The summed E-state index contributed by atoms with van der Waals surface area (Å²) >= 11 is 0. The molecule has 2 nitrogen and oxygen atoms in total. The predicted octanol–water partition coefficient (Wildman–Crippen LogP) is 3.15. The lowest BCUT2D eigenvalue weighted by Crippen LogP contribution is -2.19. The molecule has 2 aromatic carbocycles. The molecule has 0 fully saturated rings. The van der Waals surface area contributed by atoms with Gasteiger partial charge in [0.05, 0.1) is 6.42 Å². The zero-order chi connectivity index (χ0) is 14.2. The molecule has 0 saturated carbocycles. The molecule has 0 aliphatic rings. The van der Waals surface area contributed by atoms with Crippen LogP contribution in [0, 0.1) is 0 Å². The van der Waals surface area contributed by atoms with E-state index in [0.29, 0.717) is 6.42 Å². The molecule has 0 heterocycles. The first kappa shape index (κ1) is 14.3. The SMILES string of the molecule is CNC(=O)Cc1ccc(CCCc2ccccc2)cc1. The summed E-state index contributed by atoms with van der Waals surface area (Å²) in [5.41, 5.74) is 3.79. The second-order valence-corrected chi connectivity index (χ2v) is 5.01. The van der Waals surface area contributed by atoms with E-state index in [1.807, 2.05) is 12.1 Å². The molecule has 0 saturated heterocycles. The van der Waals surface area contributed by atoms with Crippen molar-refractivity contribution in [1.82, 2.24) is 5.32 Å². The summed E-state index contributed by atoms with van der Waals surface area (Å²) in [6, 6.07) is 18.9. The van der Waals surface area contributed by atoms with Crippen LogP contribution in [0.3, 0.4) is 0 Å². The third-order valence-electron chi connectivity index (χ3n) is 3.44. The Bertz CT molecular complexity index is 531. The van der Waals surface area contributed by atoms with Crippen molar-refractivity contribution >= 4 is 5.91 Å². The number of hydrogen-bond donors (Lipinski definition) is 1. The van der Waals surface area contributed by atoms with Crippen LogP contribution in [0.1, 0.15) is 23.1 Å². The number of likely N-dealkylation sites (N-methyl/N-ethyl adjacent to an activating group) is 1. The summed E-state index contributed by atoms with van der Waals surface area (Å²) in [6.07, 6.45) is 3.80. The van der Waals surface area contributed by atoms with Crippen molar-refractivity contribution in [2.24, 2.45) is 0 Å². The molecule has 104 valence electrons. The first-order chi connectivity index (χ1) is 9.78. The minimum absolute atomic E-state index is 0.0572. The van der Waals surface area contributed by atoms with Crippen LogP contribution in [0.15, 0.2) is 54.6 Å². The van der Waals surface area contributed by atoms with Gasteiger partial charge in [-0.25, -0.2) is 0 Å². The monoisotopic (exact) mass is 267 g/mol. The fourth-order valence-corrected chi connectivity index (χ4v) is 2.24. The van der Waals surface area contributed by atoms with Gasteiger partial charge in [0.1, 0.15) is 0 Å². The summed E-state index contributed by atoms with van der Waals surface area (Å²) in [7, 11) is 1.67. The van der Waals surface area contributed by atoms with Crippen molar-refractivity contribution in [2.45, 2.75) is 25.7 Å². The summed E-state index contributed by atoms with van der Waals surface area (Å²) in [6.45, 7) is 0. The minimum Gasteiger partial charge on any atom is -0.359 e. The average Bonchev–Trinajstić information content (AvgIpc) is 2.50. The van der Waals surface area contributed by atoms with Crippen molar-refractivity contribution in [3.8, 4) is 0 Å². The first-order valence-corrected chi connectivity index (χ1v) is 7.10. The van der Waals surface area contributed by atoms with Gasteiger partial charge in [-0.05, 0) is 36.0 Å². The van der Waals surface area contributed by atoms with Crippen LogP contribution in [0.5, 0.6) is 0 Å². The summed E-state index contributed by atoms with van der Waals surface area (Å²) in [5, 5.41) is 2.64. The van der Waals surface area contributed by atoms with Gasteiger partial charge in [-0.3, -0.25) is 4.79 Å². The fourth-order valence-electron chi connectivity index (χ4n) is 2.24. The molecule has 0 aliphatic carbocycles. The number of rotatable bonds is 6. The van der Waals surface area contributed by atoms with E-state index in [4.69, 9.17) is 0 Å². The predicted molar refractivity (Wildman–Crippen MR) is 82.7 cm³/mol. The van der Waals surface area contributed by atoms with Crippen LogP contribution in [0.4, 0.5) is 0 Å². The maximum atomic E-state index is 11.3. The smallest absolute Gasteiger partial charge is 0.224 e. The van der Waals surface area contributed by atoms with E-state index in [1.165, 1.54) is 11.1 Å². The fraction of sp³-hybridized carbons (Fsp3) is 0.278. The van der Waals surface area contributed by atoms with E-state index in [0.717, 1.165) is 24.8 Å². The maximum absolute atomic E-state index is 11.3. The van der Waals surface area contributed by atoms with Crippen molar-refractivity contribution < 1.29 is 4.79 Å². The number of benzene rings is 2. The number of nitrogens with one attached hydrogen (secondary N) is 1. The number of carbonyl (C=O) groups excluding carboxylic acids is 1. The van der Waals surface area contributed by atoms with Crippen LogP contribution >= 0.6 is 0 Å². The van der Waals surface area contributed by atoms with E-state index < -0.39 is 0 Å². The van der Waals surface area contributed by atoms with Crippen LogP contribution in [-0.2, 0) is 24.1 Å². The summed E-state index contributed by atoms with van der Waals surface area (Å²) < 4.78 is 0. The zero-order valence-electron chi connectivity index (χ0n) is 11.9. The van der Waals surface area contributed by atoms with Crippen molar-refractivity contribution in [3.63, 3.8) is 0 Å². The van der Waals surface area contributed by atoms with Gasteiger partial charge >= 0.3 is 0 Å². The Kier molecular flexibility index (Phi) is 5.36. The van der Waals surface area contributed by atoms with Crippen LogP contribution in [0.2, 0.25) is 0 Å². The van der Waals surface area contributed by atoms with E-state index in [1.54, 1.807) is 7.05 Å². The van der Waals surface area contributed by atoms with E-state index >= 15 is 0 Å². The quantitative estimate of drug-likeness (QED) is 0.856. The third-order valence-corrected chi connectivity index (χ3v) is 3.44.